The van der Waals surface area contributed by atoms with Crippen LogP contribution in [-0.2, 0) is 6.54 Å². The minimum atomic E-state index is 0.236. The monoisotopic (exact) mass is 353 g/mol. The maximum Gasteiger partial charge on any atom is 0.161 e. The molecule has 0 amide bonds. The zero-order valence-electron chi connectivity index (χ0n) is 15.9. The molecule has 0 radical (unpaired) electrons. The number of rotatable bonds is 8. The Labute approximate surface area is 154 Å². The van der Waals surface area contributed by atoms with Crippen molar-refractivity contribution in [3.63, 3.8) is 0 Å². The van der Waals surface area contributed by atoms with Crippen LogP contribution in [0.2, 0.25) is 0 Å². The van der Waals surface area contributed by atoms with Crippen molar-refractivity contribution in [2.75, 3.05) is 34.9 Å². The second-order valence-electron chi connectivity index (χ2n) is 6.58. The molecule has 0 aliphatic carbocycles. The van der Waals surface area contributed by atoms with Gasteiger partial charge < -0.3 is 24.7 Å². The zero-order valence-corrected chi connectivity index (χ0v) is 15.9. The lowest BCUT2D eigenvalue weighted by molar-refractivity contribution is 0.286. The standard InChI is InChI=1S/C21H27N3O2/c1-24(2)19(15-8-9-20(25-3)21(12-15)26-4)14-22-13-16-6-5-7-18-17(16)10-11-23-18/h5-12,19,22-23H,13-14H2,1-4H3. The van der Waals surface area contributed by atoms with Gasteiger partial charge in [-0.05, 0) is 49.5 Å². The van der Waals surface area contributed by atoms with Crippen LogP contribution in [0.3, 0.4) is 0 Å². The van der Waals surface area contributed by atoms with Gasteiger partial charge >= 0.3 is 0 Å². The second-order valence-corrected chi connectivity index (χ2v) is 6.58. The summed E-state index contributed by atoms with van der Waals surface area (Å²) in [6.07, 6.45) is 1.99. The maximum atomic E-state index is 5.45. The Morgan fingerprint density at radius 3 is 2.58 bits per heavy atom. The van der Waals surface area contributed by atoms with Gasteiger partial charge in [-0.3, -0.25) is 0 Å². The first-order chi connectivity index (χ1) is 12.6. The van der Waals surface area contributed by atoms with Crippen LogP contribution in [0.1, 0.15) is 17.2 Å². The highest BCUT2D eigenvalue weighted by Gasteiger charge is 2.16. The number of nitrogens with one attached hydrogen (secondary N) is 2. The average molecular weight is 353 g/mol. The average Bonchev–Trinajstić information content (AvgIpc) is 3.14. The first kappa shape index (κ1) is 18.3. The molecule has 2 aromatic carbocycles. The molecule has 138 valence electrons. The Balaban J connectivity index is 1.72. The summed E-state index contributed by atoms with van der Waals surface area (Å²) in [5.74, 6) is 1.51. The molecule has 3 aromatic rings. The molecule has 1 unspecified atom stereocenters. The number of hydrogen-bond donors (Lipinski definition) is 2. The van der Waals surface area contributed by atoms with E-state index < -0.39 is 0 Å². The Hall–Kier alpha value is -2.50. The minimum Gasteiger partial charge on any atom is -0.493 e. The summed E-state index contributed by atoms with van der Waals surface area (Å²) >= 11 is 0. The number of likely N-dealkylation sites (N-methyl/N-ethyl adjacent to an activating group) is 1. The van der Waals surface area contributed by atoms with E-state index in [0.29, 0.717) is 0 Å². The topological polar surface area (TPSA) is 49.5 Å². The second kappa shape index (κ2) is 8.25. The van der Waals surface area contributed by atoms with Gasteiger partial charge in [-0.15, -0.1) is 0 Å². The molecular weight excluding hydrogens is 326 g/mol. The third-order valence-electron chi connectivity index (χ3n) is 4.75. The molecule has 3 rings (SSSR count). The number of methoxy groups -OCH3 is 2. The molecule has 1 aromatic heterocycles. The molecule has 0 saturated heterocycles. The molecule has 0 aliphatic heterocycles. The highest BCUT2D eigenvalue weighted by Crippen LogP contribution is 2.31. The zero-order chi connectivity index (χ0) is 18.5. The minimum absolute atomic E-state index is 0.236. The van der Waals surface area contributed by atoms with E-state index >= 15 is 0 Å². The molecule has 0 spiro atoms. The smallest absolute Gasteiger partial charge is 0.161 e. The summed E-state index contributed by atoms with van der Waals surface area (Å²) in [4.78, 5) is 5.48. The molecule has 5 nitrogen and oxygen atoms in total. The largest absolute Gasteiger partial charge is 0.493 e. The quantitative estimate of drug-likeness (QED) is 0.650. The Bertz CT molecular complexity index is 857. The molecule has 0 aliphatic rings. The van der Waals surface area contributed by atoms with E-state index in [-0.39, 0.29) is 6.04 Å². The lowest BCUT2D eigenvalue weighted by atomic mass is 10.0. The van der Waals surface area contributed by atoms with Gasteiger partial charge in [0.05, 0.1) is 14.2 Å². The third kappa shape index (κ3) is 3.84. The van der Waals surface area contributed by atoms with Crippen molar-refractivity contribution in [3.8, 4) is 11.5 Å². The molecule has 26 heavy (non-hydrogen) atoms. The van der Waals surface area contributed by atoms with Crippen LogP contribution in [0.15, 0.2) is 48.7 Å². The highest BCUT2D eigenvalue weighted by molar-refractivity contribution is 5.82. The molecule has 1 atom stereocenters. The van der Waals surface area contributed by atoms with E-state index in [0.717, 1.165) is 24.6 Å². The summed E-state index contributed by atoms with van der Waals surface area (Å²) < 4.78 is 10.8. The molecule has 0 bridgehead atoms. The van der Waals surface area contributed by atoms with Gasteiger partial charge in [-0.25, -0.2) is 0 Å². The fourth-order valence-electron chi connectivity index (χ4n) is 3.31. The summed E-state index contributed by atoms with van der Waals surface area (Å²) in [6.45, 7) is 1.66. The lowest BCUT2D eigenvalue weighted by Gasteiger charge is -2.26. The summed E-state index contributed by atoms with van der Waals surface area (Å²) in [6, 6.07) is 14.8. The number of H-pyrrole nitrogens is 1. The van der Waals surface area contributed by atoms with Gasteiger partial charge in [0, 0.05) is 36.2 Å². The van der Waals surface area contributed by atoms with E-state index in [1.54, 1.807) is 14.2 Å². The number of benzene rings is 2. The Kier molecular flexibility index (Phi) is 5.81. The summed E-state index contributed by atoms with van der Waals surface area (Å²) in [5.41, 5.74) is 3.67. The predicted octanol–water partition coefficient (Wildman–Crippen LogP) is 3.58. The van der Waals surface area contributed by atoms with Crippen molar-refractivity contribution in [2.45, 2.75) is 12.6 Å². The van der Waals surface area contributed by atoms with Crippen molar-refractivity contribution >= 4 is 10.9 Å². The molecule has 1 heterocycles. The first-order valence-corrected chi connectivity index (χ1v) is 8.78. The number of nitrogens with zero attached hydrogens (tertiary/aromatic N) is 1. The maximum absolute atomic E-state index is 5.45. The Morgan fingerprint density at radius 1 is 1.04 bits per heavy atom. The molecule has 0 fully saturated rings. The highest BCUT2D eigenvalue weighted by atomic mass is 16.5. The van der Waals surface area contributed by atoms with Gasteiger partial charge in [0.15, 0.2) is 11.5 Å². The molecule has 5 heteroatoms. The van der Waals surface area contributed by atoms with Crippen LogP contribution in [0.5, 0.6) is 11.5 Å². The Morgan fingerprint density at radius 2 is 1.85 bits per heavy atom. The van der Waals surface area contributed by atoms with Crippen LogP contribution in [-0.4, -0.2) is 44.7 Å². The van der Waals surface area contributed by atoms with Crippen LogP contribution in [0.25, 0.3) is 10.9 Å². The van der Waals surface area contributed by atoms with Crippen LogP contribution in [0, 0.1) is 0 Å². The number of hydrogen-bond acceptors (Lipinski definition) is 4. The van der Waals surface area contributed by atoms with Crippen LogP contribution in [0.4, 0.5) is 0 Å². The summed E-state index contributed by atoms with van der Waals surface area (Å²) in [7, 11) is 7.51. The van der Waals surface area contributed by atoms with Crippen molar-refractivity contribution in [1.29, 1.82) is 0 Å². The lowest BCUT2D eigenvalue weighted by Crippen LogP contribution is -2.30. The number of aromatic amines is 1. The normalized spacial score (nSPS) is 12.5. The van der Waals surface area contributed by atoms with Crippen molar-refractivity contribution in [2.24, 2.45) is 0 Å². The number of aromatic nitrogens is 1. The number of fused-ring (bicyclic) bond motifs is 1. The van der Waals surface area contributed by atoms with E-state index in [2.05, 4.69) is 65.7 Å². The van der Waals surface area contributed by atoms with Gasteiger partial charge in [0.1, 0.15) is 0 Å². The predicted molar refractivity (Wildman–Crippen MR) is 106 cm³/mol. The van der Waals surface area contributed by atoms with Crippen LogP contribution >= 0.6 is 0 Å². The molecule has 2 N–H and O–H groups in total. The van der Waals surface area contributed by atoms with E-state index in [9.17, 15) is 0 Å². The summed E-state index contributed by atoms with van der Waals surface area (Å²) in [5, 5.41) is 4.87. The van der Waals surface area contributed by atoms with Crippen molar-refractivity contribution < 1.29 is 9.47 Å². The number of ether oxygens (including phenoxy) is 2. The van der Waals surface area contributed by atoms with E-state index in [1.807, 2.05) is 12.3 Å². The van der Waals surface area contributed by atoms with Gasteiger partial charge in [0.25, 0.3) is 0 Å². The SMILES string of the molecule is COc1ccc(C(CNCc2cccc3[nH]ccc23)N(C)C)cc1OC. The van der Waals surface area contributed by atoms with Gasteiger partial charge in [0.2, 0.25) is 0 Å². The van der Waals surface area contributed by atoms with Crippen molar-refractivity contribution in [1.82, 2.24) is 15.2 Å². The fraction of sp³-hybridized carbons (Fsp3) is 0.333. The van der Waals surface area contributed by atoms with Gasteiger partial charge in [-0.2, -0.15) is 0 Å². The molecular formula is C21H27N3O2. The van der Waals surface area contributed by atoms with Gasteiger partial charge in [-0.1, -0.05) is 18.2 Å². The van der Waals surface area contributed by atoms with E-state index in [1.165, 1.54) is 22.0 Å². The third-order valence-corrected chi connectivity index (χ3v) is 4.75. The first-order valence-electron chi connectivity index (χ1n) is 8.78. The molecule has 0 saturated carbocycles. The van der Waals surface area contributed by atoms with E-state index in [4.69, 9.17) is 9.47 Å². The van der Waals surface area contributed by atoms with Crippen molar-refractivity contribution in [3.05, 3.63) is 59.8 Å². The fourth-order valence-corrected chi connectivity index (χ4v) is 3.31. The van der Waals surface area contributed by atoms with Crippen LogP contribution < -0.4 is 14.8 Å².